The van der Waals surface area contributed by atoms with Crippen molar-refractivity contribution in [1.29, 1.82) is 0 Å². The van der Waals surface area contributed by atoms with Crippen LogP contribution in [0, 0.1) is 0 Å². The van der Waals surface area contributed by atoms with E-state index in [1.807, 2.05) is 0 Å². The van der Waals surface area contributed by atoms with Crippen LogP contribution in [-0.4, -0.2) is 36.7 Å². The molecule has 1 heterocycles. The lowest BCUT2D eigenvalue weighted by Crippen LogP contribution is -2.51. The van der Waals surface area contributed by atoms with Gasteiger partial charge in [-0.3, -0.25) is 4.90 Å². The molecule has 3 nitrogen and oxygen atoms in total. The van der Waals surface area contributed by atoms with Crippen LogP contribution in [0.4, 0.5) is 0 Å². The highest BCUT2D eigenvalue weighted by Gasteiger charge is 2.40. The predicted molar refractivity (Wildman–Crippen MR) is 86.8 cm³/mol. The number of ether oxygens (including phenoxy) is 1. The number of rotatable bonds is 7. The number of hydrogen-bond acceptors (Lipinski definition) is 3. The van der Waals surface area contributed by atoms with Crippen molar-refractivity contribution in [2.75, 3.05) is 19.7 Å². The summed E-state index contributed by atoms with van der Waals surface area (Å²) < 4.78 is 6.07. The largest absolute Gasteiger partial charge is 0.492 e. The molecule has 1 fully saturated rings. The summed E-state index contributed by atoms with van der Waals surface area (Å²) in [6.45, 7) is 7.58. The predicted octanol–water partition coefficient (Wildman–Crippen LogP) is 3.36. The Morgan fingerprint density at radius 1 is 1.19 bits per heavy atom. The third-order valence-electron chi connectivity index (χ3n) is 4.59. The van der Waals surface area contributed by atoms with Crippen molar-refractivity contribution in [3.63, 3.8) is 0 Å². The average Bonchev–Trinajstić information content (AvgIpc) is 3.35. The molecule has 1 saturated carbocycles. The lowest BCUT2D eigenvalue weighted by Gasteiger charge is -2.41. The monoisotopic (exact) mass is 288 g/mol. The van der Waals surface area contributed by atoms with Gasteiger partial charge < -0.3 is 10.1 Å². The Hall–Kier alpha value is -1.06. The SMILES string of the molecule is CCCNC1c2ccccc2OCC1N(CCC)C1CC1. The minimum Gasteiger partial charge on any atom is -0.492 e. The molecule has 0 amide bonds. The third kappa shape index (κ3) is 3.24. The molecule has 1 aromatic rings. The third-order valence-corrected chi connectivity index (χ3v) is 4.59. The van der Waals surface area contributed by atoms with Crippen molar-refractivity contribution in [1.82, 2.24) is 10.2 Å². The van der Waals surface area contributed by atoms with Crippen molar-refractivity contribution in [3.8, 4) is 5.75 Å². The molecule has 0 saturated heterocycles. The Kier molecular flexibility index (Phi) is 4.81. The fourth-order valence-electron chi connectivity index (χ4n) is 3.46. The molecular weight excluding hydrogens is 260 g/mol. The molecule has 1 aliphatic heterocycles. The molecule has 21 heavy (non-hydrogen) atoms. The van der Waals surface area contributed by atoms with E-state index in [4.69, 9.17) is 4.74 Å². The van der Waals surface area contributed by atoms with Crippen LogP contribution in [0.2, 0.25) is 0 Å². The smallest absolute Gasteiger partial charge is 0.124 e. The molecule has 0 radical (unpaired) electrons. The second kappa shape index (κ2) is 6.80. The minimum absolute atomic E-state index is 0.405. The van der Waals surface area contributed by atoms with Crippen molar-refractivity contribution >= 4 is 0 Å². The fourth-order valence-corrected chi connectivity index (χ4v) is 3.46. The van der Waals surface area contributed by atoms with E-state index in [9.17, 15) is 0 Å². The molecule has 0 spiro atoms. The normalized spacial score (nSPS) is 24.7. The molecule has 0 bridgehead atoms. The second-order valence-corrected chi connectivity index (χ2v) is 6.32. The van der Waals surface area contributed by atoms with Crippen LogP contribution in [-0.2, 0) is 0 Å². The Balaban J connectivity index is 1.84. The number of benzene rings is 1. The molecular formula is C18H28N2O. The number of hydrogen-bond donors (Lipinski definition) is 1. The average molecular weight is 288 g/mol. The summed E-state index contributed by atoms with van der Waals surface area (Å²) in [4.78, 5) is 2.70. The summed E-state index contributed by atoms with van der Waals surface area (Å²) in [5.74, 6) is 1.06. The number of para-hydroxylation sites is 1. The Morgan fingerprint density at radius 2 is 2.00 bits per heavy atom. The van der Waals surface area contributed by atoms with Gasteiger partial charge in [0, 0.05) is 11.6 Å². The summed E-state index contributed by atoms with van der Waals surface area (Å²) >= 11 is 0. The van der Waals surface area contributed by atoms with E-state index >= 15 is 0 Å². The molecule has 1 N–H and O–H groups in total. The van der Waals surface area contributed by atoms with Gasteiger partial charge in [-0.25, -0.2) is 0 Å². The highest BCUT2D eigenvalue weighted by Crippen LogP contribution is 2.38. The van der Waals surface area contributed by atoms with Crippen molar-refractivity contribution in [3.05, 3.63) is 29.8 Å². The number of nitrogens with zero attached hydrogens (tertiary/aromatic N) is 1. The first kappa shape index (κ1) is 14.9. The molecule has 3 heteroatoms. The molecule has 1 aromatic carbocycles. The van der Waals surface area contributed by atoms with Gasteiger partial charge in [0.2, 0.25) is 0 Å². The van der Waals surface area contributed by atoms with Crippen LogP contribution in [0.5, 0.6) is 5.75 Å². The van der Waals surface area contributed by atoms with Crippen LogP contribution >= 0.6 is 0 Å². The van der Waals surface area contributed by atoms with Crippen LogP contribution in [0.15, 0.2) is 24.3 Å². The van der Waals surface area contributed by atoms with Gasteiger partial charge in [-0.15, -0.1) is 0 Å². The van der Waals surface area contributed by atoms with E-state index in [-0.39, 0.29) is 0 Å². The summed E-state index contributed by atoms with van der Waals surface area (Å²) in [5.41, 5.74) is 1.34. The quantitative estimate of drug-likeness (QED) is 0.832. The molecule has 116 valence electrons. The standard InChI is InChI=1S/C18H28N2O/c1-3-11-19-18-15-7-5-6-8-17(15)21-13-16(18)20(12-4-2)14-9-10-14/h5-8,14,16,18-19H,3-4,9-13H2,1-2H3. The number of nitrogens with one attached hydrogen (secondary N) is 1. The van der Waals surface area contributed by atoms with E-state index in [2.05, 4.69) is 48.3 Å². The Bertz CT molecular complexity index is 458. The summed E-state index contributed by atoms with van der Waals surface area (Å²) in [5, 5.41) is 3.78. The maximum Gasteiger partial charge on any atom is 0.124 e. The van der Waals surface area contributed by atoms with E-state index in [1.165, 1.54) is 37.8 Å². The second-order valence-electron chi connectivity index (χ2n) is 6.32. The van der Waals surface area contributed by atoms with Gasteiger partial charge in [0.1, 0.15) is 12.4 Å². The fraction of sp³-hybridized carbons (Fsp3) is 0.667. The van der Waals surface area contributed by atoms with Crippen molar-refractivity contribution in [2.45, 2.75) is 57.7 Å². The maximum atomic E-state index is 6.07. The summed E-state index contributed by atoms with van der Waals surface area (Å²) in [6.07, 6.45) is 5.11. The van der Waals surface area contributed by atoms with Gasteiger partial charge in [0.15, 0.2) is 0 Å². The molecule has 2 aliphatic rings. The summed E-state index contributed by atoms with van der Waals surface area (Å²) in [6, 6.07) is 10.2. The van der Waals surface area contributed by atoms with Crippen molar-refractivity contribution < 1.29 is 4.74 Å². The zero-order valence-corrected chi connectivity index (χ0v) is 13.3. The first-order chi connectivity index (χ1) is 10.3. The van der Waals surface area contributed by atoms with Gasteiger partial charge in [-0.05, 0) is 44.8 Å². The lowest BCUT2D eigenvalue weighted by atomic mass is 9.94. The zero-order chi connectivity index (χ0) is 14.7. The first-order valence-corrected chi connectivity index (χ1v) is 8.56. The number of fused-ring (bicyclic) bond motifs is 1. The topological polar surface area (TPSA) is 24.5 Å². The van der Waals surface area contributed by atoms with Crippen LogP contribution < -0.4 is 10.1 Å². The molecule has 2 atom stereocenters. The Labute approximate surface area is 128 Å². The van der Waals surface area contributed by atoms with E-state index in [0.29, 0.717) is 12.1 Å². The lowest BCUT2D eigenvalue weighted by molar-refractivity contribution is 0.0791. The highest BCUT2D eigenvalue weighted by atomic mass is 16.5. The van der Waals surface area contributed by atoms with Crippen LogP contribution in [0.3, 0.4) is 0 Å². The van der Waals surface area contributed by atoms with Gasteiger partial charge in [0.25, 0.3) is 0 Å². The summed E-state index contributed by atoms with van der Waals surface area (Å²) in [7, 11) is 0. The van der Waals surface area contributed by atoms with E-state index in [0.717, 1.165) is 24.9 Å². The molecule has 3 rings (SSSR count). The van der Waals surface area contributed by atoms with E-state index in [1.54, 1.807) is 0 Å². The van der Waals surface area contributed by atoms with Gasteiger partial charge in [-0.2, -0.15) is 0 Å². The maximum absolute atomic E-state index is 6.07. The van der Waals surface area contributed by atoms with Gasteiger partial charge in [0.05, 0.1) is 12.1 Å². The van der Waals surface area contributed by atoms with Gasteiger partial charge >= 0.3 is 0 Å². The van der Waals surface area contributed by atoms with Crippen molar-refractivity contribution in [2.24, 2.45) is 0 Å². The molecule has 0 aromatic heterocycles. The minimum atomic E-state index is 0.405. The zero-order valence-electron chi connectivity index (χ0n) is 13.3. The van der Waals surface area contributed by atoms with E-state index < -0.39 is 0 Å². The molecule has 1 aliphatic carbocycles. The van der Waals surface area contributed by atoms with Crippen LogP contribution in [0.25, 0.3) is 0 Å². The Morgan fingerprint density at radius 3 is 2.71 bits per heavy atom. The van der Waals surface area contributed by atoms with Crippen LogP contribution in [0.1, 0.15) is 51.1 Å². The van der Waals surface area contributed by atoms with Gasteiger partial charge in [-0.1, -0.05) is 32.0 Å². The first-order valence-electron chi connectivity index (χ1n) is 8.56. The highest BCUT2D eigenvalue weighted by molar-refractivity contribution is 5.39. The molecule has 2 unspecified atom stereocenters.